The molecule has 7 heteroatoms. The molecule has 29 heavy (non-hydrogen) atoms. The van der Waals surface area contributed by atoms with Crippen LogP contribution in [-0.4, -0.2) is 43.2 Å². The lowest BCUT2D eigenvalue weighted by molar-refractivity contribution is -0.137. The van der Waals surface area contributed by atoms with E-state index in [1.54, 1.807) is 6.07 Å². The summed E-state index contributed by atoms with van der Waals surface area (Å²) in [5.41, 5.74) is 7.97. The van der Waals surface area contributed by atoms with Gasteiger partial charge >= 0.3 is 6.18 Å². The Labute approximate surface area is 175 Å². The highest BCUT2D eigenvalue weighted by Gasteiger charge is 2.37. The highest BCUT2D eigenvalue weighted by molar-refractivity contribution is 5.85. The summed E-state index contributed by atoms with van der Waals surface area (Å²) in [5, 5.41) is 3.61. The summed E-state index contributed by atoms with van der Waals surface area (Å²) in [7, 11) is 0. The molecule has 3 N–H and O–H groups in total. The number of rotatable bonds is 6. The van der Waals surface area contributed by atoms with Crippen LogP contribution in [0.4, 0.5) is 13.2 Å². The highest BCUT2D eigenvalue weighted by atomic mass is 35.5. The third kappa shape index (κ3) is 5.51. The van der Waals surface area contributed by atoms with Crippen LogP contribution in [0.25, 0.3) is 11.1 Å². The summed E-state index contributed by atoms with van der Waals surface area (Å²) in [4.78, 5) is 2.40. The number of nitrogens with two attached hydrogens (primary N) is 1. The molecule has 4 rings (SSSR count). The van der Waals surface area contributed by atoms with E-state index >= 15 is 0 Å². The minimum atomic E-state index is -4.32. The maximum Gasteiger partial charge on any atom is 0.416 e. The van der Waals surface area contributed by atoms with Crippen molar-refractivity contribution in [3.63, 3.8) is 0 Å². The largest absolute Gasteiger partial charge is 0.416 e. The zero-order chi connectivity index (χ0) is 19.7. The number of nitrogens with one attached hydrogen (secondary N) is 1. The second-order valence-corrected chi connectivity index (χ2v) is 7.95. The first-order valence-corrected chi connectivity index (χ1v) is 9.89. The highest BCUT2D eigenvalue weighted by Crippen LogP contribution is 2.41. The van der Waals surface area contributed by atoms with E-state index in [-0.39, 0.29) is 12.4 Å². The molecular weight excluding hydrogens is 399 g/mol. The van der Waals surface area contributed by atoms with Crippen LogP contribution in [0.2, 0.25) is 0 Å². The number of benzene rings is 2. The Balaban J connectivity index is 0.00000240. The van der Waals surface area contributed by atoms with E-state index in [2.05, 4.69) is 10.2 Å². The molecule has 0 radical (unpaired) electrons. The molecule has 2 unspecified atom stereocenters. The van der Waals surface area contributed by atoms with Gasteiger partial charge in [-0.15, -0.1) is 12.4 Å². The minimum absolute atomic E-state index is 0. The number of nitrogens with zero attached hydrogens (tertiary/aromatic N) is 1. The molecule has 1 aliphatic heterocycles. The van der Waals surface area contributed by atoms with Gasteiger partial charge in [0.25, 0.3) is 0 Å². The van der Waals surface area contributed by atoms with Crippen molar-refractivity contribution in [1.82, 2.24) is 10.2 Å². The predicted octanol–water partition coefficient (Wildman–Crippen LogP) is 4.27. The van der Waals surface area contributed by atoms with Crippen molar-refractivity contribution in [1.29, 1.82) is 0 Å². The summed E-state index contributed by atoms with van der Waals surface area (Å²) in [6.45, 7) is 4.09. The molecule has 1 saturated carbocycles. The average Bonchev–Trinajstić information content (AvgIpc) is 3.33. The number of hydrogen-bond acceptors (Lipinski definition) is 3. The van der Waals surface area contributed by atoms with Gasteiger partial charge in [-0.2, -0.15) is 13.2 Å². The minimum Gasteiger partial charge on any atom is -0.326 e. The SMILES string of the molecule is Cl.N[C@H]1CCN(CCNC2CC2c2ccc(-c3cccc(C(F)(F)F)c3)cc2)C1. The maximum atomic E-state index is 12.9. The second-order valence-electron chi connectivity index (χ2n) is 7.95. The molecule has 3 nitrogen and oxygen atoms in total. The van der Waals surface area contributed by atoms with Gasteiger partial charge in [0.15, 0.2) is 0 Å². The van der Waals surface area contributed by atoms with Crippen LogP contribution in [0.5, 0.6) is 0 Å². The Morgan fingerprint density at radius 3 is 2.48 bits per heavy atom. The van der Waals surface area contributed by atoms with Crippen LogP contribution in [0.15, 0.2) is 48.5 Å². The Bertz CT molecular complexity index is 810. The Kier molecular flexibility index (Phi) is 6.89. The third-order valence-electron chi connectivity index (χ3n) is 5.80. The molecule has 1 heterocycles. The third-order valence-corrected chi connectivity index (χ3v) is 5.80. The summed E-state index contributed by atoms with van der Waals surface area (Å²) in [5.74, 6) is 0.497. The van der Waals surface area contributed by atoms with Gasteiger partial charge in [-0.05, 0) is 48.2 Å². The van der Waals surface area contributed by atoms with E-state index in [9.17, 15) is 13.2 Å². The summed E-state index contributed by atoms with van der Waals surface area (Å²) >= 11 is 0. The number of likely N-dealkylation sites (tertiary alicyclic amines) is 1. The molecule has 0 spiro atoms. The van der Waals surface area contributed by atoms with Crippen molar-refractivity contribution in [3.05, 3.63) is 59.7 Å². The molecular formula is C22H27ClF3N3. The number of hydrogen-bond donors (Lipinski definition) is 2. The van der Waals surface area contributed by atoms with E-state index in [4.69, 9.17) is 5.73 Å². The van der Waals surface area contributed by atoms with Crippen LogP contribution >= 0.6 is 12.4 Å². The molecule has 2 aliphatic rings. The molecule has 0 bridgehead atoms. The van der Waals surface area contributed by atoms with Gasteiger partial charge in [-0.1, -0.05) is 36.4 Å². The quantitative estimate of drug-likeness (QED) is 0.726. The molecule has 1 aliphatic carbocycles. The van der Waals surface area contributed by atoms with Crippen molar-refractivity contribution < 1.29 is 13.2 Å². The maximum absolute atomic E-state index is 12.9. The van der Waals surface area contributed by atoms with Gasteiger partial charge in [-0.25, -0.2) is 0 Å². The predicted molar refractivity (Wildman–Crippen MR) is 112 cm³/mol. The van der Waals surface area contributed by atoms with Gasteiger partial charge in [0.05, 0.1) is 5.56 Å². The monoisotopic (exact) mass is 425 g/mol. The standard InChI is InChI=1S/C22H26F3N3.ClH/c23-22(24,25)18-3-1-2-17(12-18)15-4-6-16(7-5-15)20-13-21(20)27-9-11-28-10-8-19(26)14-28;/h1-7,12,19-21,27H,8-11,13-14,26H2;1H/t19-,20?,21?;/m0./s1. The molecule has 3 atom stereocenters. The summed E-state index contributed by atoms with van der Waals surface area (Å²) in [6, 6.07) is 14.2. The molecule has 0 aromatic heterocycles. The molecule has 2 fully saturated rings. The molecule has 1 saturated heterocycles. The van der Waals surface area contributed by atoms with E-state index in [0.29, 0.717) is 23.6 Å². The van der Waals surface area contributed by atoms with Crippen molar-refractivity contribution >= 4 is 12.4 Å². The van der Waals surface area contributed by atoms with Crippen LogP contribution < -0.4 is 11.1 Å². The van der Waals surface area contributed by atoms with Crippen LogP contribution in [0.3, 0.4) is 0 Å². The fraction of sp³-hybridized carbons (Fsp3) is 0.455. The first-order chi connectivity index (χ1) is 13.4. The Hall–Kier alpha value is -1.60. The molecule has 2 aromatic carbocycles. The van der Waals surface area contributed by atoms with Gasteiger partial charge < -0.3 is 16.0 Å². The van der Waals surface area contributed by atoms with Crippen molar-refractivity contribution in [3.8, 4) is 11.1 Å². The molecule has 0 amide bonds. The summed E-state index contributed by atoms with van der Waals surface area (Å²) < 4.78 is 38.7. The van der Waals surface area contributed by atoms with Gasteiger partial charge in [0, 0.05) is 37.6 Å². The van der Waals surface area contributed by atoms with Crippen LogP contribution in [0.1, 0.15) is 29.9 Å². The molecule has 2 aromatic rings. The van der Waals surface area contributed by atoms with E-state index in [0.717, 1.165) is 50.7 Å². The van der Waals surface area contributed by atoms with Crippen molar-refractivity contribution in [2.45, 2.75) is 37.0 Å². The zero-order valence-electron chi connectivity index (χ0n) is 16.2. The Morgan fingerprint density at radius 2 is 1.83 bits per heavy atom. The molecule has 158 valence electrons. The fourth-order valence-electron chi connectivity index (χ4n) is 4.06. The smallest absolute Gasteiger partial charge is 0.326 e. The van der Waals surface area contributed by atoms with Crippen molar-refractivity contribution in [2.75, 3.05) is 26.2 Å². The lowest BCUT2D eigenvalue weighted by atomic mass is 10.0. The van der Waals surface area contributed by atoms with Crippen LogP contribution in [0, 0.1) is 0 Å². The van der Waals surface area contributed by atoms with Gasteiger partial charge in [0.2, 0.25) is 0 Å². The van der Waals surface area contributed by atoms with Gasteiger partial charge in [0.1, 0.15) is 0 Å². The van der Waals surface area contributed by atoms with Crippen LogP contribution in [-0.2, 0) is 6.18 Å². The first-order valence-electron chi connectivity index (χ1n) is 9.89. The first kappa shape index (κ1) is 22.1. The Morgan fingerprint density at radius 1 is 1.07 bits per heavy atom. The number of halogens is 4. The average molecular weight is 426 g/mol. The topological polar surface area (TPSA) is 41.3 Å². The fourth-order valence-corrected chi connectivity index (χ4v) is 4.06. The number of alkyl halides is 3. The second kappa shape index (κ2) is 9.04. The van der Waals surface area contributed by atoms with E-state index in [1.807, 2.05) is 24.3 Å². The van der Waals surface area contributed by atoms with E-state index < -0.39 is 11.7 Å². The normalized spacial score (nSPS) is 24.3. The zero-order valence-corrected chi connectivity index (χ0v) is 17.0. The summed E-state index contributed by atoms with van der Waals surface area (Å²) in [6.07, 6.45) is -2.12. The van der Waals surface area contributed by atoms with E-state index in [1.165, 1.54) is 17.7 Å². The lowest BCUT2D eigenvalue weighted by Gasteiger charge is -2.15. The van der Waals surface area contributed by atoms with Gasteiger partial charge in [-0.3, -0.25) is 0 Å². The van der Waals surface area contributed by atoms with Crippen molar-refractivity contribution in [2.24, 2.45) is 5.73 Å². The lowest BCUT2D eigenvalue weighted by Crippen LogP contribution is -2.33.